The normalized spacial score (nSPS) is 11.5. The molecule has 7 heteroatoms. The van der Waals surface area contributed by atoms with Crippen molar-refractivity contribution in [1.82, 2.24) is 5.32 Å². The molecule has 1 N–H and O–H groups in total. The van der Waals surface area contributed by atoms with Gasteiger partial charge < -0.3 is 10.1 Å². The summed E-state index contributed by atoms with van der Waals surface area (Å²) in [5.74, 6) is -0.854. The van der Waals surface area contributed by atoms with Gasteiger partial charge in [-0.15, -0.1) is 0 Å². The molecule has 1 atom stereocenters. The van der Waals surface area contributed by atoms with E-state index in [9.17, 15) is 19.7 Å². The molecular weight excluding hydrogens is 288 g/mol. The first-order valence-electron chi connectivity index (χ1n) is 7.08. The van der Waals surface area contributed by atoms with Gasteiger partial charge in [0.15, 0.2) is 0 Å². The molecule has 22 heavy (non-hydrogen) atoms. The van der Waals surface area contributed by atoms with Gasteiger partial charge in [-0.3, -0.25) is 14.9 Å². The lowest BCUT2D eigenvalue weighted by molar-refractivity contribution is -0.384. The van der Waals surface area contributed by atoms with Crippen molar-refractivity contribution in [3.8, 4) is 0 Å². The Balaban J connectivity index is 2.68. The summed E-state index contributed by atoms with van der Waals surface area (Å²) < 4.78 is 4.67. The number of hydrogen-bond donors (Lipinski definition) is 1. The number of nitrogens with one attached hydrogen (secondary N) is 1. The lowest BCUT2D eigenvalue weighted by atomic mass is 10.1. The van der Waals surface area contributed by atoms with Gasteiger partial charge in [0.1, 0.15) is 6.04 Å². The van der Waals surface area contributed by atoms with E-state index in [4.69, 9.17) is 0 Å². The van der Waals surface area contributed by atoms with Crippen LogP contribution in [-0.4, -0.2) is 30.0 Å². The van der Waals surface area contributed by atoms with Crippen LogP contribution in [0.4, 0.5) is 5.69 Å². The highest BCUT2D eigenvalue weighted by atomic mass is 16.6. The monoisotopic (exact) mass is 308 g/mol. The van der Waals surface area contributed by atoms with E-state index in [1.54, 1.807) is 6.07 Å². The highest BCUT2D eigenvalue weighted by molar-refractivity contribution is 5.85. The fraction of sp³-hybridized carbons (Fsp3) is 0.467. The molecule has 0 radical (unpaired) electrons. The first kappa shape index (κ1) is 17.6. The van der Waals surface area contributed by atoms with E-state index in [-0.39, 0.29) is 18.0 Å². The second-order valence-corrected chi connectivity index (χ2v) is 4.89. The van der Waals surface area contributed by atoms with Crippen LogP contribution in [0.5, 0.6) is 0 Å². The van der Waals surface area contributed by atoms with Gasteiger partial charge in [-0.05, 0) is 12.0 Å². The number of rotatable bonds is 8. The van der Waals surface area contributed by atoms with Gasteiger partial charge in [-0.1, -0.05) is 31.9 Å². The van der Waals surface area contributed by atoms with Gasteiger partial charge >= 0.3 is 5.97 Å². The fourth-order valence-electron chi connectivity index (χ4n) is 2.01. The van der Waals surface area contributed by atoms with Gasteiger partial charge in [-0.2, -0.15) is 0 Å². The summed E-state index contributed by atoms with van der Waals surface area (Å²) in [5.41, 5.74) is 0.451. The summed E-state index contributed by atoms with van der Waals surface area (Å²) in [7, 11) is 1.27. The number of nitro groups is 1. The molecule has 0 saturated heterocycles. The molecule has 1 rings (SSSR count). The largest absolute Gasteiger partial charge is 0.467 e. The number of methoxy groups -OCH3 is 1. The SMILES string of the molecule is CCCC[C@@H](NC(=O)Cc1cccc([N+](=O)[O-])c1)C(=O)OC. The van der Waals surface area contributed by atoms with E-state index >= 15 is 0 Å². The maximum atomic E-state index is 12.0. The molecule has 0 aliphatic carbocycles. The molecule has 0 heterocycles. The fourth-order valence-corrected chi connectivity index (χ4v) is 2.01. The maximum Gasteiger partial charge on any atom is 0.328 e. The molecule has 0 unspecified atom stereocenters. The number of nitrogens with zero attached hydrogens (tertiary/aromatic N) is 1. The Hall–Kier alpha value is -2.44. The molecule has 0 aliphatic rings. The summed E-state index contributed by atoms with van der Waals surface area (Å²) in [6, 6.07) is 5.18. The molecule has 0 aromatic heterocycles. The van der Waals surface area contributed by atoms with Crippen LogP contribution in [0.2, 0.25) is 0 Å². The van der Waals surface area contributed by atoms with Gasteiger partial charge in [0, 0.05) is 12.1 Å². The zero-order chi connectivity index (χ0) is 16.5. The number of carbonyl (C=O) groups is 2. The first-order chi connectivity index (χ1) is 10.5. The van der Waals surface area contributed by atoms with Crippen molar-refractivity contribution in [2.24, 2.45) is 0 Å². The Morgan fingerprint density at radius 2 is 2.14 bits per heavy atom. The van der Waals surface area contributed by atoms with Crippen molar-refractivity contribution in [2.45, 2.75) is 38.6 Å². The lowest BCUT2D eigenvalue weighted by Crippen LogP contribution is -2.42. The summed E-state index contributed by atoms with van der Waals surface area (Å²) >= 11 is 0. The van der Waals surface area contributed by atoms with E-state index in [1.165, 1.54) is 25.3 Å². The average molecular weight is 308 g/mol. The number of nitro benzene ring substituents is 1. The molecule has 0 fully saturated rings. The Bertz CT molecular complexity index is 544. The van der Waals surface area contributed by atoms with Crippen LogP contribution in [0, 0.1) is 10.1 Å². The number of non-ortho nitro benzene ring substituents is 1. The maximum absolute atomic E-state index is 12.0. The van der Waals surface area contributed by atoms with Crippen LogP contribution in [0.3, 0.4) is 0 Å². The van der Waals surface area contributed by atoms with Crippen LogP contribution in [0.25, 0.3) is 0 Å². The van der Waals surface area contributed by atoms with Crippen LogP contribution in [0.1, 0.15) is 31.7 Å². The molecule has 1 aromatic rings. The van der Waals surface area contributed by atoms with E-state index in [0.717, 1.165) is 12.8 Å². The molecule has 1 aromatic carbocycles. The van der Waals surface area contributed by atoms with Crippen LogP contribution >= 0.6 is 0 Å². The van der Waals surface area contributed by atoms with Crippen molar-refractivity contribution in [3.05, 3.63) is 39.9 Å². The molecule has 0 saturated carbocycles. The Labute approximate surface area is 128 Å². The number of ether oxygens (including phenoxy) is 1. The number of benzene rings is 1. The third kappa shape index (κ3) is 5.51. The van der Waals surface area contributed by atoms with Crippen LogP contribution in [-0.2, 0) is 20.7 Å². The molecule has 1 amide bonds. The van der Waals surface area contributed by atoms with Gasteiger partial charge in [-0.25, -0.2) is 4.79 Å². The number of carbonyl (C=O) groups excluding carboxylic acids is 2. The second kappa shape index (κ2) is 8.76. The summed E-state index contributed by atoms with van der Waals surface area (Å²) in [6.45, 7) is 1.99. The summed E-state index contributed by atoms with van der Waals surface area (Å²) in [5, 5.41) is 13.3. The second-order valence-electron chi connectivity index (χ2n) is 4.89. The number of esters is 1. The highest BCUT2D eigenvalue weighted by Crippen LogP contribution is 2.13. The topological polar surface area (TPSA) is 98.5 Å². The van der Waals surface area contributed by atoms with Gasteiger partial charge in [0.05, 0.1) is 18.5 Å². The Morgan fingerprint density at radius 1 is 1.41 bits per heavy atom. The van der Waals surface area contributed by atoms with E-state index in [1.807, 2.05) is 6.92 Å². The molecule has 0 spiro atoms. The average Bonchev–Trinajstić information content (AvgIpc) is 2.50. The predicted molar refractivity (Wildman–Crippen MR) is 80.3 cm³/mol. The number of amides is 1. The summed E-state index contributed by atoms with van der Waals surface area (Å²) in [4.78, 5) is 33.8. The molecule has 0 bridgehead atoms. The van der Waals surface area contributed by atoms with E-state index < -0.39 is 16.9 Å². The minimum absolute atomic E-state index is 0.0265. The third-order valence-electron chi connectivity index (χ3n) is 3.15. The first-order valence-corrected chi connectivity index (χ1v) is 7.08. The minimum Gasteiger partial charge on any atom is -0.467 e. The summed E-state index contributed by atoms with van der Waals surface area (Å²) in [6.07, 6.45) is 2.16. The minimum atomic E-state index is -0.684. The highest BCUT2D eigenvalue weighted by Gasteiger charge is 2.21. The quantitative estimate of drug-likeness (QED) is 0.450. The van der Waals surface area contributed by atoms with Crippen LogP contribution in [0.15, 0.2) is 24.3 Å². The number of hydrogen-bond acceptors (Lipinski definition) is 5. The van der Waals surface area contributed by atoms with Crippen molar-refractivity contribution in [3.63, 3.8) is 0 Å². The molecular formula is C15H20N2O5. The Kier molecular flexibility index (Phi) is 7.01. The smallest absolute Gasteiger partial charge is 0.328 e. The molecule has 0 aliphatic heterocycles. The van der Waals surface area contributed by atoms with Crippen molar-refractivity contribution in [2.75, 3.05) is 7.11 Å². The van der Waals surface area contributed by atoms with Gasteiger partial charge in [0.2, 0.25) is 5.91 Å². The van der Waals surface area contributed by atoms with E-state index in [0.29, 0.717) is 12.0 Å². The zero-order valence-corrected chi connectivity index (χ0v) is 12.7. The van der Waals surface area contributed by atoms with E-state index in [2.05, 4.69) is 10.1 Å². The Morgan fingerprint density at radius 3 is 2.73 bits per heavy atom. The third-order valence-corrected chi connectivity index (χ3v) is 3.15. The predicted octanol–water partition coefficient (Wildman–Crippen LogP) is 1.99. The van der Waals surface area contributed by atoms with Crippen molar-refractivity contribution < 1.29 is 19.2 Å². The van der Waals surface area contributed by atoms with Crippen LogP contribution < -0.4 is 5.32 Å². The standard InChI is InChI=1S/C15H20N2O5/c1-3-4-8-13(15(19)22-2)16-14(18)10-11-6-5-7-12(9-11)17(20)21/h5-7,9,13H,3-4,8,10H2,1-2H3,(H,16,18)/t13-/m1/s1. The number of unbranched alkanes of at least 4 members (excludes halogenated alkanes) is 1. The van der Waals surface area contributed by atoms with Crippen molar-refractivity contribution in [1.29, 1.82) is 0 Å². The lowest BCUT2D eigenvalue weighted by Gasteiger charge is -2.16. The zero-order valence-electron chi connectivity index (χ0n) is 12.7. The molecule has 120 valence electrons. The molecule has 7 nitrogen and oxygen atoms in total. The van der Waals surface area contributed by atoms with Gasteiger partial charge in [0.25, 0.3) is 5.69 Å². The van der Waals surface area contributed by atoms with Crippen molar-refractivity contribution >= 4 is 17.6 Å².